The predicted octanol–water partition coefficient (Wildman–Crippen LogP) is 5.17. The van der Waals surface area contributed by atoms with Gasteiger partial charge < -0.3 is 20.1 Å². The van der Waals surface area contributed by atoms with Crippen molar-refractivity contribution < 1.29 is 18.6 Å². The lowest BCUT2D eigenvalue weighted by molar-refractivity contribution is 0.107. The molecular formula is C34H33F2N5O2. The van der Waals surface area contributed by atoms with Gasteiger partial charge in [0.25, 0.3) is 0 Å². The number of nitrogens with one attached hydrogen (secondary N) is 1. The highest BCUT2D eigenvalue weighted by atomic mass is 19.1. The molecule has 7 nitrogen and oxygen atoms in total. The number of benzene rings is 3. The fourth-order valence-electron chi connectivity index (χ4n) is 8.00. The highest BCUT2D eigenvalue weighted by Crippen LogP contribution is 2.42. The second kappa shape index (κ2) is 10.0. The summed E-state index contributed by atoms with van der Waals surface area (Å²) in [5.41, 5.74) is 1.15. The zero-order valence-corrected chi connectivity index (χ0v) is 23.8. The van der Waals surface area contributed by atoms with Crippen LogP contribution in [0.1, 0.15) is 37.7 Å². The molecule has 4 aliphatic rings. The minimum absolute atomic E-state index is 0.0166. The van der Waals surface area contributed by atoms with Crippen LogP contribution in [0, 0.1) is 18.2 Å². The minimum Gasteiger partial charge on any atom is -0.508 e. The number of alkyl halides is 1. The topological polar surface area (TPSA) is 73.8 Å². The summed E-state index contributed by atoms with van der Waals surface area (Å²) in [7, 11) is 0. The van der Waals surface area contributed by atoms with Gasteiger partial charge >= 0.3 is 6.01 Å². The summed E-state index contributed by atoms with van der Waals surface area (Å²) in [5, 5.41) is 16.2. The molecule has 0 radical (unpaired) electrons. The maximum Gasteiger partial charge on any atom is 0.319 e. The molecular weight excluding hydrogens is 548 g/mol. The number of hydrogen-bond donors (Lipinski definition) is 2. The van der Waals surface area contributed by atoms with Gasteiger partial charge in [0.1, 0.15) is 29.9 Å². The molecule has 0 saturated carbocycles. The van der Waals surface area contributed by atoms with Gasteiger partial charge in [0.05, 0.1) is 5.54 Å². The van der Waals surface area contributed by atoms with E-state index < -0.39 is 12.0 Å². The van der Waals surface area contributed by atoms with E-state index in [-0.39, 0.29) is 35.0 Å². The number of nitrogens with zero attached hydrogens (tertiary/aromatic N) is 4. The molecule has 43 heavy (non-hydrogen) atoms. The van der Waals surface area contributed by atoms with Gasteiger partial charge in [-0.2, -0.15) is 9.97 Å². The highest BCUT2D eigenvalue weighted by molar-refractivity contribution is 6.04. The highest BCUT2D eigenvalue weighted by Gasteiger charge is 2.49. The maximum atomic E-state index is 16.8. The lowest BCUT2D eigenvalue weighted by atomic mass is 9.93. The Labute approximate surface area is 248 Å². The first-order chi connectivity index (χ1) is 20.9. The minimum atomic E-state index is -0.877. The summed E-state index contributed by atoms with van der Waals surface area (Å²) in [6, 6.07) is 13.0. The van der Waals surface area contributed by atoms with Crippen molar-refractivity contribution in [2.45, 2.75) is 55.9 Å². The summed E-state index contributed by atoms with van der Waals surface area (Å²) in [5.74, 6) is 2.83. The third-order valence-electron chi connectivity index (χ3n) is 9.92. The van der Waals surface area contributed by atoms with Gasteiger partial charge in [0.15, 0.2) is 5.82 Å². The molecule has 2 N–H and O–H groups in total. The molecule has 2 bridgehead atoms. The first-order valence-corrected chi connectivity index (χ1v) is 15.2. The van der Waals surface area contributed by atoms with Crippen molar-refractivity contribution in [1.82, 2.24) is 20.2 Å². The maximum absolute atomic E-state index is 16.8. The SMILES string of the molecule is C#Cc1cccc2cc(O)cc(-c3ccc4c(N5C[C@H]6CC[C@@H](C5)N6)nc(OC[C@@]56CCCN5C[C@H](F)C6)nc4c3F)c12. The van der Waals surface area contributed by atoms with Gasteiger partial charge in [-0.25, -0.2) is 8.78 Å². The second-order valence-electron chi connectivity index (χ2n) is 12.6. The molecule has 0 amide bonds. The van der Waals surface area contributed by atoms with E-state index in [9.17, 15) is 9.50 Å². The number of phenolic OH excluding ortho intramolecular Hbond substituents is 1. The number of terminal acetylenes is 1. The fourth-order valence-corrected chi connectivity index (χ4v) is 8.00. The van der Waals surface area contributed by atoms with Crippen LogP contribution in [0.2, 0.25) is 0 Å². The van der Waals surface area contributed by atoms with Crippen molar-refractivity contribution in [2.75, 3.05) is 37.7 Å². The summed E-state index contributed by atoms with van der Waals surface area (Å²) >= 11 is 0. The van der Waals surface area contributed by atoms with Gasteiger partial charge in [-0.3, -0.25) is 4.90 Å². The molecule has 0 spiro atoms. The molecule has 4 aromatic rings. The van der Waals surface area contributed by atoms with Gasteiger partial charge in [0.2, 0.25) is 0 Å². The van der Waals surface area contributed by atoms with E-state index in [1.54, 1.807) is 18.2 Å². The van der Waals surface area contributed by atoms with Crippen molar-refractivity contribution in [3.63, 3.8) is 0 Å². The van der Waals surface area contributed by atoms with Crippen molar-refractivity contribution >= 4 is 27.5 Å². The molecule has 4 saturated heterocycles. The van der Waals surface area contributed by atoms with Crippen LogP contribution in [0.25, 0.3) is 32.8 Å². The number of ether oxygens (including phenoxy) is 1. The molecule has 4 fully saturated rings. The molecule has 0 aliphatic carbocycles. The van der Waals surface area contributed by atoms with E-state index >= 15 is 4.39 Å². The number of rotatable bonds is 5. The molecule has 1 aromatic heterocycles. The van der Waals surface area contributed by atoms with E-state index in [1.807, 2.05) is 24.3 Å². The largest absolute Gasteiger partial charge is 0.508 e. The van der Waals surface area contributed by atoms with Gasteiger partial charge in [0, 0.05) is 60.0 Å². The van der Waals surface area contributed by atoms with Crippen LogP contribution in [-0.4, -0.2) is 76.6 Å². The summed E-state index contributed by atoms with van der Waals surface area (Å²) in [4.78, 5) is 13.9. The summed E-state index contributed by atoms with van der Waals surface area (Å²) < 4.78 is 37.5. The van der Waals surface area contributed by atoms with Gasteiger partial charge in [-0.05, 0) is 67.4 Å². The molecule has 4 aliphatic heterocycles. The zero-order chi connectivity index (χ0) is 29.3. The first kappa shape index (κ1) is 26.6. The molecule has 8 rings (SSSR count). The second-order valence-corrected chi connectivity index (χ2v) is 12.6. The first-order valence-electron chi connectivity index (χ1n) is 15.2. The average Bonchev–Trinajstić information content (AvgIpc) is 3.65. The number of piperazine rings is 1. The van der Waals surface area contributed by atoms with Crippen molar-refractivity contribution in [3.8, 4) is 35.2 Å². The average molecular weight is 582 g/mol. The number of anilines is 1. The van der Waals surface area contributed by atoms with Crippen LogP contribution in [0.4, 0.5) is 14.6 Å². The van der Waals surface area contributed by atoms with Crippen molar-refractivity contribution in [2.24, 2.45) is 0 Å². The normalized spacial score (nSPS) is 26.7. The number of hydrogen-bond acceptors (Lipinski definition) is 7. The summed E-state index contributed by atoms with van der Waals surface area (Å²) in [6.45, 7) is 3.05. The standard InChI is InChI=1S/C34H33F2N5O2/c1-2-20-5-3-6-21-13-25(42)14-28(29(20)21)26-9-10-27-31(30(26)36)38-33(39-32(27)40-17-23-7-8-24(18-40)37-23)43-19-34-11-4-12-41(34)16-22(35)15-34/h1,3,5-6,9-10,13-14,22-24,37,42H,4,7-8,11-12,15-19H2/t22-,23-,24+,34+/m1/s1. The van der Waals surface area contributed by atoms with Crippen LogP contribution in [-0.2, 0) is 0 Å². The lowest BCUT2D eigenvalue weighted by Gasteiger charge is -2.34. The van der Waals surface area contributed by atoms with Crippen LogP contribution in [0.5, 0.6) is 11.8 Å². The lowest BCUT2D eigenvalue weighted by Crippen LogP contribution is -2.51. The molecule has 5 heterocycles. The third kappa shape index (κ3) is 4.38. The van der Waals surface area contributed by atoms with E-state index in [4.69, 9.17) is 16.1 Å². The molecule has 3 aromatic carbocycles. The predicted molar refractivity (Wildman–Crippen MR) is 163 cm³/mol. The van der Waals surface area contributed by atoms with Crippen LogP contribution in [0.15, 0.2) is 42.5 Å². The number of aromatic nitrogens is 2. The molecule has 4 atom stereocenters. The molecule has 220 valence electrons. The smallest absolute Gasteiger partial charge is 0.319 e. The Morgan fingerprint density at radius 3 is 2.74 bits per heavy atom. The monoisotopic (exact) mass is 581 g/mol. The van der Waals surface area contributed by atoms with Crippen LogP contribution >= 0.6 is 0 Å². The molecule has 9 heteroatoms. The Morgan fingerprint density at radius 1 is 1.09 bits per heavy atom. The number of halogens is 2. The Balaban J connectivity index is 1.27. The van der Waals surface area contributed by atoms with E-state index in [2.05, 4.69) is 26.0 Å². The number of aromatic hydroxyl groups is 1. The van der Waals surface area contributed by atoms with E-state index in [0.29, 0.717) is 52.8 Å². The Kier molecular flexibility index (Phi) is 6.21. The van der Waals surface area contributed by atoms with Crippen molar-refractivity contribution in [3.05, 3.63) is 53.8 Å². The third-order valence-corrected chi connectivity index (χ3v) is 9.92. The Hall–Kier alpha value is -4.00. The van der Waals surface area contributed by atoms with E-state index in [1.165, 1.54) is 0 Å². The Bertz CT molecular complexity index is 1800. The summed E-state index contributed by atoms with van der Waals surface area (Å²) in [6.07, 6.45) is 9.42. The van der Waals surface area contributed by atoms with Crippen molar-refractivity contribution in [1.29, 1.82) is 0 Å². The number of fused-ring (bicyclic) bond motifs is 5. The van der Waals surface area contributed by atoms with E-state index in [0.717, 1.165) is 50.7 Å². The zero-order valence-electron chi connectivity index (χ0n) is 23.8. The van der Waals surface area contributed by atoms with Gasteiger partial charge in [-0.15, -0.1) is 6.42 Å². The number of phenols is 1. The molecule has 0 unspecified atom stereocenters. The van der Waals surface area contributed by atoms with Crippen LogP contribution < -0.4 is 15.0 Å². The van der Waals surface area contributed by atoms with Crippen LogP contribution in [0.3, 0.4) is 0 Å². The quantitative estimate of drug-likeness (QED) is 0.315. The Morgan fingerprint density at radius 2 is 1.93 bits per heavy atom. The fraction of sp³-hybridized carbons (Fsp3) is 0.412. The van der Waals surface area contributed by atoms with Gasteiger partial charge in [-0.1, -0.05) is 24.1 Å².